The Labute approximate surface area is 91.4 Å². The van der Waals surface area contributed by atoms with Gasteiger partial charge in [0.2, 0.25) is 0 Å². The second-order valence-corrected chi connectivity index (χ2v) is 4.75. The Kier molecular flexibility index (Phi) is 2.05. The van der Waals surface area contributed by atoms with Crippen LogP contribution in [0.2, 0.25) is 0 Å². The molecule has 1 aliphatic carbocycles. The fraction of sp³-hybridized carbons (Fsp3) is 0.429. The number of para-hydroxylation sites is 1. The molecular formula is C14H17N. The SMILES string of the molecule is C=C1CCN(c2ccccc2C2CC2)C1. The molecular weight excluding hydrogens is 182 g/mol. The second-order valence-electron chi connectivity index (χ2n) is 4.75. The van der Waals surface area contributed by atoms with Crippen LogP contribution in [0.3, 0.4) is 0 Å². The van der Waals surface area contributed by atoms with Gasteiger partial charge in [-0.15, -0.1) is 0 Å². The summed E-state index contributed by atoms with van der Waals surface area (Å²) in [4.78, 5) is 2.48. The van der Waals surface area contributed by atoms with Crippen LogP contribution in [0.1, 0.15) is 30.7 Å². The van der Waals surface area contributed by atoms with Crippen LogP contribution in [-0.2, 0) is 0 Å². The average molecular weight is 199 g/mol. The minimum Gasteiger partial charge on any atom is -0.367 e. The maximum absolute atomic E-state index is 4.08. The molecule has 0 spiro atoms. The average Bonchev–Trinajstić information content (AvgIpc) is 3.02. The Bertz CT molecular complexity index is 390. The molecule has 1 aromatic rings. The summed E-state index contributed by atoms with van der Waals surface area (Å²) in [6.07, 6.45) is 3.93. The molecule has 1 nitrogen and oxygen atoms in total. The lowest BCUT2D eigenvalue weighted by molar-refractivity contribution is 0.946. The number of benzene rings is 1. The van der Waals surface area contributed by atoms with E-state index in [1.165, 1.54) is 30.5 Å². The minimum atomic E-state index is 0.843. The first-order chi connectivity index (χ1) is 7.34. The monoisotopic (exact) mass is 199 g/mol. The van der Waals surface area contributed by atoms with Gasteiger partial charge in [0, 0.05) is 18.8 Å². The van der Waals surface area contributed by atoms with Crippen molar-refractivity contribution in [3.8, 4) is 0 Å². The molecule has 3 rings (SSSR count). The molecule has 0 atom stereocenters. The third-order valence-electron chi connectivity index (χ3n) is 3.44. The number of rotatable bonds is 2. The van der Waals surface area contributed by atoms with Crippen molar-refractivity contribution in [3.63, 3.8) is 0 Å². The second kappa shape index (κ2) is 3.41. The number of hydrogen-bond acceptors (Lipinski definition) is 1. The van der Waals surface area contributed by atoms with Crippen LogP contribution < -0.4 is 4.90 Å². The lowest BCUT2D eigenvalue weighted by atomic mass is 10.1. The normalized spacial score (nSPS) is 21.1. The summed E-state index contributed by atoms with van der Waals surface area (Å²) in [6.45, 7) is 6.29. The highest BCUT2D eigenvalue weighted by molar-refractivity contribution is 5.58. The van der Waals surface area contributed by atoms with Gasteiger partial charge in [0.05, 0.1) is 0 Å². The highest BCUT2D eigenvalue weighted by atomic mass is 15.1. The predicted octanol–water partition coefficient (Wildman–Crippen LogP) is 3.33. The van der Waals surface area contributed by atoms with Gasteiger partial charge >= 0.3 is 0 Å². The van der Waals surface area contributed by atoms with Crippen LogP contribution in [0.15, 0.2) is 36.4 Å². The van der Waals surface area contributed by atoms with E-state index in [2.05, 4.69) is 35.7 Å². The molecule has 15 heavy (non-hydrogen) atoms. The van der Waals surface area contributed by atoms with E-state index in [1.807, 2.05) is 0 Å². The largest absolute Gasteiger partial charge is 0.367 e. The van der Waals surface area contributed by atoms with E-state index in [1.54, 1.807) is 5.56 Å². The summed E-state index contributed by atoms with van der Waals surface area (Å²) in [5.41, 5.74) is 4.39. The van der Waals surface area contributed by atoms with Gasteiger partial charge in [-0.1, -0.05) is 30.4 Å². The lowest BCUT2D eigenvalue weighted by Crippen LogP contribution is -2.19. The molecule has 1 saturated heterocycles. The van der Waals surface area contributed by atoms with Crippen molar-refractivity contribution in [2.75, 3.05) is 18.0 Å². The van der Waals surface area contributed by atoms with Crippen LogP contribution in [0, 0.1) is 0 Å². The van der Waals surface area contributed by atoms with Gasteiger partial charge < -0.3 is 4.90 Å². The predicted molar refractivity (Wildman–Crippen MR) is 64.4 cm³/mol. The van der Waals surface area contributed by atoms with E-state index in [-0.39, 0.29) is 0 Å². The zero-order valence-electron chi connectivity index (χ0n) is 9.08. The summed E-state index contributed by atoms with van der Waals surface area (Å²) in [7, 11) is 0. The van der Waals surface area contributed by atoms with Gasteiger partial charge in [-0.2, -0.15) is 0 Å². The summed E-state index contributed by atoms with van der Waals surface area (Å²) in [5.74, 6) is 0.843. The topological polar surface area (TPSA) is 3.24 Å². The van der Waals surface area contributed by atoms with Gasteiger partial charge in [0.25, 0.3) is 0 Å². The zero-order valence-corrected chi connectivity index (χ0v) is 9.08. The quantitative estimate of drug-likeness (QED) is 0.660. The molecule has 0 amide bonds. The summed E-state index contributed by atoms with van der Waals surface area (Å²) >= 11 is 0. The maximum atomic E-state index is 4.08. The van der Waals surface area contributed by atoms with Crippen LogP contribution in [0.25, 0.3) is 0 Å². The number of hydrogen-bond donors (Lipinski definition) is 0. The first-order valence-electron chi connectivity index (χ1n) is 5.85. The third kappa shape index (κ3) is 1.67. The molecule has 1 heterocycles. The Morgan fingerprint density at radius 2 is 2.00 bits per heavy atom. The highest BCUT2D eigenvalue weighted by Gasteiger charge is 2.28. The van der Waals surface area contributed by atoms with Crippen LogP contribution in [0.4, 0.5) is 5.69 Å². The third-order valence-corrected chi connectivity index (χ3v) is 3.44. The van der Waals surface area contributed by atoms with Gasteiger partial charge in [-0.3, -0.25) is 0 Å². The Balaban J connectivity index is 1.92. The standard InChI is InChI=1S/C14H17N/c1-11-8-9-15(10-11)14-5-3-2-4-13(14)12-6-7-12/h2-5,12H,1,6-10H2. The van der Waals surface area contributed by atoms with Crippen molar-refractivity contribution >= 4 is 5.69 Å². The van der Waals surface area contributed by atoms with E-state index < -0.39 is 0 Å². The van der Waals surface area contributed by atoms with Crippen molar-refractivity contribution in [2.45, 2.75) is 25.2 Å². The zero-order chi connectivity index (χ0) is 10.3. The highest BCUT2D eigenvalue weighted by Crippen LogP contribution is 2.44. The fourth-order valence-electron chi connectivity index (χ4n) is 2.44. The molecule has 0 N–H and O–H groups in total. The van der Waals surface area contributed by atoms with Gasteiger partial charge in [0.15, 0.2) is 0 Å². The van der Waals surface area contributed by atoms with E-state index in [4.69, 9.17) is 0 Å². The van der Waals surface area contributed by atoms with E-state index in [9.17, 15) is 0 Å². The van der Waals surface area contributed by atoms with Crippen LogP contribution in [-0.4, -0.2) is 13.1 Å². The molecule has 1 aliphatic heterocycles. The molecule has 2 aliphatic rings. The number of nitrogens with zero attached hydrogens (tertiary/aromatic N) is 1. The molecule has 0 aromatic heterocycles. The summed E-state index contributed by atoms with van der Waals surface area (Å²) in [6, 6.07) is 8.89. The molecule has 1 aromatic carbocycles. The first-order valence-corrected chi connectivity index (χ1v) is 5.85. The number of anilines is 1. The lowest BCUT2D eigenvalue weighted by Gasteiger charge is -2.21. The fourth-order valence-corrected chi connectivity index (χ4v) is 2.44. The van der Waals surface area contributed by atoms with Gasteiger partial charge in [-0.05, 0) is 36.8 Å². The Hall–Kier alpha value is -1.24. The van der Waals surface area contributed by atoms with Crippen LogP contribution >= 0.6 is 0 Å². The van der Waals surface area contributed by atoms with E-state index >= 15 is 0 Å². The van der Waals surface area contributed by atoms with Gasteiger partial charge in [-0.25, -0.2) is 0 Å². The smallest absolute Gasteiger partial charge is 0.0404 e. The summed E-state index contributed by atoms with van der Waals surface area (Å²) < 4.78 is 0. The molecule has 1 heteroatoms. The van der Waals surface area contributed by atoms with E-state index in [0.29, 0.717) is 0 Å². The minimum absolute atomic E-state index is 0.843. The maximum Gasteiger partial charge on any atom is 0.0404 e. The van der Waals surface area contributed by atoms with Crippen molar-refractivity contribution in [2.24, 2.45) is 0 Å². The molecule has 0 bridgehead atoms. The molecule has 78 valence electrons. The first kappa shape index (κ1) is 9.02. The molecule has 0 radical (unpaired) electrons. The molecule has 1 saturated carbocycles. The van der Waals surface area contributed by atoms with Crippen molar-refractivity contribution < 1.29 is 0 Å². The molecule has 2 fully saturated rings. The summed E-state index contributed by atoms with van der Waals surface area (Å²) in [5, 5.41) is 0. The van der Waals surface area contributed by atoms with Crippen LogP contribution in [0.5, 0.6) is 0 Å². The van der Waals surface area contributed by atoms with Crippen molar-refractivity contribution in [1.82, 2.24) is 0 Å². The van der Waals surface area contributed by atoms with Crippen molar-refractivity contribution in [1.29, 1.82) is 0 Å². The molecule has 0 unspecified atom stereocenters. The van der Waals surface area contributed by atoms with Crippen molar-refractivity contribution in [3.05, 3.63) is 42.0 Å². The Morgan fingerprint density at radius 3 is 2.67 bits per heavy atom. The van der Waals surface area contributed by atoms with Gasteiger partial charge in [0.1, 0.15) is 0 Å². The Morgan fingerprint density at radius 1 is 1.20 bits per heavy atom. The van der Waals surface area contributed by atoms with E-state index in [0.717, 1.165) is 19.0 Å².